The Bertz CT molecular complexity index is 211. The fourth-order valence-corrected chi connectivity index (χ4v) is 2.16. The van der Waals surface area contributed by atoms with Crippen molar-refractivity contribution in [1.29, 1.82) is 0 Å². The molecule has 0 fully saturated rings. The Morgan fingerprint density at radius 3 is 1.42 bits per heavy atom. The molecule has 0 amide bonds. The van der Waals surface area contributed by atoms with Crippen molar-refractivity contribution >= 4 is 0 Å². The molecule has 0 aliphatic heterocycles. The third kappa shape index (κ3) is 33.5. The number of hydrogen-bond acceptors (Lipinski definition) is 1. The fourth-order valence-electron chi connectivity index (χ4n) is 2.16. The molecule has 1 unspecified atom stereocenters. The Labute approximate surface area is 156 Å². The summed E-state index contributed by atoms with van der Waals surface area (Å²) >= 11 is 0. The molecule has 0 N–H and O–H groups in total. The van der Waals surface area contributed by atoms with Crippen LogP contribution in [0.15, 0.2) is 0 Å². The summed E-state index contributed by atoms with van der Waals surface area (Å²) in [5.74, 6) is 2.51. The molecule has 1 atom stereocenters. The van der Waals surface area contributed by atoms with Gasteiger partial charge in [-0.3, -0.25) is 0 Å². The van der Waals surface area contributed by atoms with Crippen molar-refractivity contribution in [1.82, 2.24) is 0 Å². The Kier molecular flexibility index (Phi) is 23.1. The van der Waals surface area contributed by atoms with E-state index in [1.807, 2.05) is 0 Å². The van der Waals surface area contributed by atoms with E-state index in [0.717, 1.165) is 31.0 Å². The number of hydrogen-bond donors (Lipinski definition) is 0. The third-order valence-corrected chi connectivity index (χ3v) is 4.16. The van der Waals surface area contributed by atoms with Crippen LogP contribution >= 0.6 is 0 Å². The number of ether oxygens (including phenoxy) is 1. The van der Waals surface area contributed by atoms with Gasteiger partial charge >= 0.3 is 0 Å². The average Bonchev–Trinajstić information content (AvgIpc) is 2.49. The van der Waals surface area contributed by atoms with Gasteiger partial charge in [0, 0.05) is 13.2 Å². The molecule has 0 aliphatic rings. The Morgan fingerprint density at radius 2 is 1.21 bits per heavy atom. The smallest absolute Gasteiger partial charge is 0.0491 e. The van der Waals surface area contributed by atoms with Crippen LogP contribution in [0, 0.1) is 23.2 Å². The maximum Gasteiger partial charge on any atom is 0.0491 e. The van der Waals surface area contributed by atoms with Crippen LogP contribution in [0.3, 0.4) is 0 Å². The molecular formula is C23H52O. The van der Waals surface area contributed by atoms with Gasteiger partial charge in [-0.15, -0.1) is 0 Å². The van der Waals surface area contributed by atoms with E-state index in [9.17, 15) is 0 Å². The summed E-state index contributed by atoms with van der Waals surface area (Å²) < 4.78 is 5.43. The SMILES string of the molecule is CC(C)CC(C)(C)C.CCC(C)CC.CCCCOCC(C)CC. The van der Waals surface area contributed by atoms with Crippen LogP contribution in [-0.2, 0) is 4.74 Å². The zero-order valence-corrected chi connectivity index (χ0v) is 19.3. The van der Waals surface area contributed by atoms with E-state index in [1.165, 1.54) is 38.5 Å². The van der Waals surface area contributed by atoms with Gasteiger partial charge in [0.1, 0.15) is 0 Å². The van der Waals surface area contributed by atoms with Gasteiger partial charge in [-0.25, -0.2) is 0 Å². The molecule has 0 spiro atoms. The molecule has 24 heavy (non-hydrogen) atoms. The van der Waals surface area contributed by atoms with Gasteiger partial charge in [0.15, 0.2) is 0 Å². The second-order valence-electron chi connectivity index (χ2n) is 9.02. The first-order valence-corrected chi connectivity index (χ1v) is 10.6. The summed E-state index contributed by atoms with van der Waals surface area (Å²) in [4.78, 5) is 0. The molecule has 0 saturated carbocycles. The Balaban J connectivity index is -0.000000285. The topological polar surface area (TPSA) is 9.23 Å². The molecule has 0 rings (SSSR count). The Hall–Kier alpha value is -0.0400. The first-order chi connectivity index (χ1) is 11.0. The highest BCUT2D eigenvalue weighted by Gasteiger charge is 2.11. The van der Waals surface area contributed by atoms with Crippen LogP contribution in [0.4, 0.5) is 0 Å². The summed E-state index contributed by atoms with van der Waals surface area (Å²) in [6, 6.07) is 0. The molecule has 1 heteroatoms. The van der Waals surface area contributed by atoms with E-state index in [4.69, 9.17) is 4.74 Å². The van der Waals surface area contributed by atoms with Gasteiger partial charge in [-0.2, -0.15) is 0 Å². The predicted molar refractivity (Wildman–Crippen MR) is 114 cm³/mol. The van der Waals surface area contributed by atoms with Crippen molar-refractivity contribution < 1.29 is 4.74 Å². The quantitative estimate of drug-likeness (QED) is 0.382. The summed E-state index contributed by atoms with van der Waals surface area (Å²) in [5.41, 5.74) is 0.522. The van der Waals surface area contributed by atoms with Gasteiger partial charge in [0.2, 0.25) is 0 Å². The molecule has 1 nitrogen and oxygen atoms in total. The molecule has 0 bridgehead atoms. The van der Waals surface area contributed by atoms with Crippen LogP contribution in [0.1, 0.15) is 115 Å². The third-order valence-electron chi connectivity index (χ3n) is 4.16. The first-order valence-electron chi connectivity index (χ1n) is 10.6. The first kappa shape index (κ1) is 28.8. The van der Waals surface area contributed by atoms with Crippen molar-refractivity contribution in [2.45, 2.75) is 115 Å². The molecule has 0 aromatic heterocycles. The van der Waals surface area contributed by atoms with Gasteiger partial charge in [-0.1, -0.05) is 102 Å². The van der Waals surface area contributed by atoms with E-state index in [2.05, 4.69) is 76.2 Å². The largest absolute Gasteiger partial charge is 0.381 e. The lowest BCUT2D eigenvalue weighted by atomic mass is 9.86. The van der Waals surface area contributed by atoms with Crippen molar-refractivity contribution in [3.8, 4) is 0 Å². The van der Waals surface area contributed by atoms with E-state index in [0.29, 0.717) is 5.41 Å². The average molecular weight is 345 g/mol. The highest BCUT2D eigenvalue weighted by molar-refractivity contribution is 4.62. The van der Waals surface area contributed by atoms with Gasteiger partial charge in [-0.05, 0) is 36.0 Å². The minimum atomic E-state index is 0.522. The van der Waals surface area contributed by atoms with Crippen LogP contribution in [0.25, 0.3) is 0 Å². The van der Waals surface area contributed by atoms with E-state index < -0.39 is 0 Å². The van der Waals surface area contributed by atoms with Crippen LogP contribution in [0.5, 0.6) is 0 Å². The minimum absolute atomic E-state index is 0.522. The van der Waals surface area contributed by atoms with Crippen LogP contribution in [-0.4, -0.2) is 13.2 Å². The van der Waals surface area contributed by atoms with Crippen molar-refractivity contribution in [2.75, 3.05) is 13.2 Å². The van der Waals surface area contributed by atoms with Crippen molar-refractivity contribution in [2.24, 2.45) is 23.2 Å². The maximum atomic E-state index is 5.43. The van der Waals surface area contributed by atoms with E-state index >= 15 is 0 Å². The molecule has 0 saturated heterocycles. The summed E-state index contributed by atoms with van der Waals surface area (Å²) in [6.07, 6.45) is 7.66. The van der Waals surface area contributed by atoms with Crippen LogP contribution in [0.2, 0.25) is 0 Å². The molecule has 0 radical (unpaired) electrons. The normalized spacial score (nSPS) is 12.4. The molecule has 0 aliphatic carbocycles. The minimum Gasteiger partial charge on any atom is -0.381 e. The molecule has 150 valence electrons. The number of rotatable bonds is 9. The standard InChI is InChI=1S/C9H20O.C8H18.C6H14/c1-4-6-7-10-8-9(3)5-2;1-7(2)6-8(3,4)5;1-4-6(3)5-2/h9H,4-8H2,1-3H3;7H,6H2,1-5H3;6H,4-5H2,1-3H3. The van der Waals surface area contributed by atoms with Gasteiger partial charge in [0.05, 0.1) is 0 Å². The number of unbranched alkanes of at least 4 members (excludes halogenated alkanes) is 1. The lowest BCUT2D eigenvalue weighted by Gasteiger charge is -2.19. The summed E-state index contributed by atoms with van der Waals surface area (Å²) in [5, 5.41) is 0. The fraction of sp³-hybridized carbons (Fsp3) is 1.00. The second kappa shape index (κ2) is 19.3. The van der Waals surface area contributed by atoms with Gasteiger partial charge < -0.3 is 4.74 Å². The Morgan fingerprint density at radius 1 is 0.750 bits per heavy atom. The zero-order valence-electron chi connectivity index (χ0n) is 19.3. The molecular weight excluding hydrogens is 292 g/mol. The molecule has 0 aromatic rings. The highest BCUT2D eigenvalue weighted by atomic mass is 16.5. The van der Waals surface area contributed by atoms with Gasteiger partial charge in [0.25, 0.3) is 0 Å². The summed E-state index contributed by atoms with van der Waals surface area (Å²) in [7, 11) is 0. The molecule has 0 heterocycles. The highest BCUT2D eigenvalue weighted by Crippen LogP contribution is 2.23. The van der Waals surface area contributed by atoms with Crippen LogP contribution < -0.4 is 0 Å². The van der Waals surface area contributed by atoms with E-state index in [1.54, 1.807) is 0 Å². The second-order valence-corrected chi connectivity index (χ2v) is 9.02. The maximum absolute atomic E-state index is 5.43. The lowest BCUT2D eigenvalue weighted by Crippen LogP contribution is -2.08. The monoisotopic (exact) mass is 344 g/mol. The van der Waals surface area contributed by atoms with Crippen molar-refractivity contribution in [3.63, 3.8) is 0 Å². The van der Waals surface area contributed by atoms with E-state index in [-0.39, 0.29) is 0 Å². The lowest BCUT2D eigenvalue weighted by molar-refractivity contribution is 0.101. The zero-order chi connectivity index (χ0) is 19.6. The summed E-state index contributed by atoms with van der Waals surface area (Å²) in [6.45, 7) is 26.6. The van der Waals surface area contributed by atoms with Crippen molar-refractivity contribution in [3.05, 3.63) is 0 Å². The molecule has 0 aromatic carbocycles. The predicted octanol–water partition coefficient (Wildman–Crippen LogP) is 8.37.